The van der Waals surface area contributed by atoms with Gasteiger partial charge in [0, 0.05) is 5.56 Å². The highest BCUT2D eigenvalue weighted by Crippen LogP contribution is 2.21. The smallest absolute Gasteiger partial charge is 0.337 e. The van der Waals surface area contributed by atoms with Crippen molar-refractivity contribution in [1.82, 2.24) is 15.6 Å². The number of hydrazone groups is 1. The van der Waals surface area contributed by atoms with E-state index in [-0.39, 0.29) is 0 Å². The highest BCUT2D eigenvalue weighted by molar-refractivity contribution is 5.94. The fraction of sp³-hybridized carbons (Fsp3) is 0.333. The van der Waals surface area contributed by atoms with Crippen molar-refractivity contribution in [3.8, 4) is 17.0 Å². The predicted octanol–water partition coefficient (Wildman–Crippen LogP) is 5.37. The maximum absolute atomic E-state index is 12.4. The molecule has 0 saturated carbocycles. The molecule has 3 aromatic rings. The first kappa shape index (κ1) is 25.7. The molecular formula is C27H32N4O4. The number of rotatable bonds is 13. The summed E-state index contributed by atoms with van der Waals surface area (Å²) in [5, 5.41) is 10.9. The Kier molecular flexibility index (Phi) is 10.0. The minimum Gasteiger partial charge on any atom is -0.494 e. The SMILES string of the molecule is CCCCCCCCOc1ccc(-c2cc(C(=O)N/N=C\c3ccc(C(=O)OC)cc3)[nH]n2)cc1. The van der Waals surface area contributed by atoms with Crippen molar-refractivity contribution in [2.45, 2.75) is 45.4 Å². The molecule has 0 aliphatic rings. The van der Waals surface area contributed by atoms with Crippen molar-refractivity contribution in [1.29, 1.82) is 0 Å². The summed E-state index contributed by atoms with van der Waals surface area (Å²) in [4.78, 5) is 23.8. The van der Waals surface area contributed by atoms with Crippen LogP contribution >= 0.6 is 0 Å². The van der Waals surface area contributed by atoms with Gasteiger partial charge in [-0.2, -0.15) is 10.2 Å². The predicted molar refractivity (Wildman–Crippen MR) is 136 cm³/mol. The van der Waals surface area contributed by atoms with E-state index in [9.17, 15) is 9.59 Å². The van der Waals surface area contributed by atoms with Crippen LogP contribution in [0, 0.1) is 0 Å². The Morgan fingerprint density at radius 3 is 2.43 bits per heavy atom. The number of unbranched alkanes of at least 4 members (excludes halogenated alkanes) is 5. The van der Waals surface area contributed by atoms with Gasteiger partial charge in [0.05, 0.1) is 31.2 Å². The van der Waals surface area contributed by atoms with Crippen molar-refractivity contribution >= 4 is 18.1 Å². The molecule has 0 aliphatic heterocycles. The largest absolute Gasteiger partial charge is 0.494 e. The molecular weight excluding hydrogens is 444 g/mol. The number of esters is 1. The van der Waals surface area contributed by atoms with Crippen LogP contribution in [0.2, 0.25) is 0 Å². The number of hydrogen-bond donors (Lipinski definition) is 2. The fourth-order valence-electron chi connectivity index (χ4n) is 3.43. The number of ether oxygens (including phenoxy) is 2. The number of H-pyrrole nitrogens is 1. The van der Waals surface area contributed by atoms with E-state index < -0.39 is 11.9 Å². The molecule has 0 radical (unpaired) electrons. The molecule has 0 atom stereocenters. The van der Waals surface area contributed by atoms with Crippen molar-refractivity contribution in [3.63, 3.8) is 0 Å². The molecule has 0 spiro atoms. The third kappa shape index (κ3) is 8.10. The van der Waals surface area contributed by atoms with Crippen LogP contribution in [-0.2, 0) is 4.74 Å². The van der Waals surface area contributed by atoms with Crippen LogP contribution in [0.15, 0.2) is 59.7 Å². The summed E-state index contributed by atoms with van der Waals surface area (Å²) in [6, 6.07) is 16.0. The first-order valence-corrected chi connectivity index (χ1v) is 11.9. The van der Waals surface area contributed by atoms with Gasteiger partial charge >= 0.3 is 5.97 Å². The average Bonchev–Trinajstić information content (AvgIpc) is 3.39. The van der Waals surface area contributed by atoms with Gasteiger partial charge in [-0.15, -0.1) is 0 Å². The normalized spacial score (nSPS) is 10.9. The Balaban J connectivity index is 1.46. The van der Waals surface area contributed by atoms with Crippen molar-refractivity contribution in [2.75, 3.05) is 13.7 Å². The lowest BCUT2D eigenvalue weighted by molar-refractivity contribution is 0.0600. The number of nitrogens with one attached hydrogen (secondary N) is 2. The number of aromatic nitrogens is 2. The Morgan fingerprint density at radius 2 is 1.71 bits per heavy atom. The van der Waals surface area contributed by atoms with Gasteiger partial charge in [-0.3, -0.25) is 9.89 Å². The molecule has 0 aliphatic carbocycles. The molecule has 0 saturated heterocycles. The Morgan fingerprint density at radius 1 is 1.00 bits per heavy atom. The van der Waals surface area contributed by atoms with Crippen LogP contribution in [0.1, 0.15) is 71.9 Å². The molecule has 1 heterocycles. The molecule has 8 heteroatoms. The molecule has 8 nitrogen and oxygen atoms in total. The Hall–Kier alpha value is -3.94. The van der Waals surface area contributed by atoms with Gasteiger partial charge in [0.25, 0.3) is 5.91 Å². The van der Waals surface area contributed by atoms with E-state index in [1.807, 2.05) is 24.3 Å². The summed E-state index contributed by atoms with van der Waals surface area (Å²) in [5.41, 5.74) is 5.45. The third-order valence-electron chi connectivity index (χ3n) is 5.45. The highest BCUT2D eigenvalue weighted by atomic mass is 16.5. The van der Waals surface area contributed by atoms with Crippen molar-refractivity contribution in [2.24, 2.45) is 5.10 Å². The number of carbonyl (C=O) groups is 2. The van der Waals surface area contributed by atoms with E-state index in [0.717, 1.165) is 23.3 Å². The fourth-order valence-corrected chi connectivity index (χ4v) is 3.43. The number of aromatic amines is 1. The van der Waals surface area contributed by atoms with Crippen LogP contribution in [0.25, 0.3) is 11.3 Å². The lowest BCUT2D eigenvalue weighted by atomic mass is 10.1. The summed E-state index contributed by atoms with van der Waals surface area (Å²) in [6.07, 6.45) is 8.87. The highest BCUT2D eigenvalue weighted by Gasteiger charge is 2.11. The van der Waals surface area contributed by atoms with Crippen LogP contribution in [0.3, 0.4) is 0 Å². The summed E-state index contributed by atoms with van der Waals surface area (Å²) in [6.45, 7) is 2.94. The second kappa shape index (κ2) is 13.7. The molecule has 35 heavy (non-hydrogen) atoms. The first-order chi connectivity index (χ1) is 17.1. The second-order valence-electron chi connectivity index (χ2n) is 8.12. The van der Waals surface area contributed by atoms with Gasteiger partial charge in [0.15, 0.2) is 0 Å². The summed E-state index contributed by atoms with van der Waals surface area (Å²) in [5.74, 6) is 0.00186. The van der Waals surface area contributed by atoms with E-state index in [1.54, 1.807) is 30.3 Å². The maximum Gasteiger partial charge on any atom is 0.337 e. The molecule has 3 rings (SSSR count). The van der Waals surface area contributed by atoms with Gasteiger partial charge in [0.1, 0.15) is 11.4 Å². The molecule has 0 fully saturated rings. The number of hydrogen-bond acceptors (Lipinski definition) is 6. The molecule has 2 aromatic carbocycles. The van der Waals surface area contributed by atoms with E-state index in [4.69, 9.17) is 4.74 Å². The number of benzene rings is 2. The lowest BCUT2D eigenvalue weighted by Crippen LogP contribution is -2.18. The first-order valence-electron chi connectivity index (χ1n) is 11.9. The van der Waals surface area contributed by atoms with Crippen LogP contribution in [-0.4, -0.2) is 42.0 Å². The van der Waals surface area contributed by atoms with E-state index in [2.05, 4.69) is 32.4 Å². The maximum atomic E-state index is 12.4. The zero-order chi connectivity index (χ0) is 24.9. The second-order valence-corrected chi connectivity index (χ2v) is 8.12. The number of amides is 1. The van der Waals surface area contributed by atoms with E-state index in [0.29, 0.717) is 23.6 Å². The summed E-state index contributed by atoms with van der Waals surface area (Å²) >= 11 is 0. The standard InChI is InChI=1S/C27H32N4O4/c1-3-4-5-6-7-8-17-35-23-15-13-21(14-16-23)24-18-25(30-29-24)26(32)31-28-19-20-9-11-22(12-10-20)27(33)34-2/h9-16,18-19H,3-8,17H2,1-2H3,(H,29,30)(H,31,32)/b28-19-. The van der Waals surface area contributed by atoms with E-state index >= 15 is 0 Å². The minimum absolute atomic E-state index is 0.293. The third-order valence-corrected chi connectivity index (χ3v) is 5.45. The molecule has 1 aromatic heterocycles. The summed E-state index contributed by atoms with van der Waals surface area (Å²) in [7, 11) is 1.33. The van der Waals surface area contributed by atoms with Crippen LogP contribution in [0.5, 0.6) is 5.75 Å². The molecule has 0 bridgehead atoms. The van der Waals surface area contributed by atoms with Gasteiger partial charge in [-0.1, -0.05) is 51.2 Å². The molecule has 1 amide bonds. The lowest BCUT2D eigenvalue weighted by Gasteiger charge is -2.06. The summed E-state index contributed by atoms with van der Waals surface area (Å²) < 4.78 is 10.5. The monoisotopic (exact) mass is 476 g/mol. The topological polar surface area (TPSA) is 106 Å². The Labute approximate surface area is 205 Å². The quantitative estimate of drug-likeness (QED) is 0.149. The van der Waals surface area contributed by atoms with Gasteiger partial charge in [0.2, 0.25) is 0 Å². The van der Waals surface area contributed by atoms with Crippen molar-refractivity contribution < 1.29 is 19.1 Å². The number of nitrogens with zero attached hydrogens (tertiary/aromatic N) is 2. The zero-order valence-corrected chi connectivity index (χ0v) is 20.3. The van der Waals surface area contributed by atoms with Crippen molar-refractivity contribution in [3.05, 3.63) is 71.4 Å². The molecule has 0 unspecified atom stereocenters. The van der Waals surface area contributed by atoms with Gasteiger partial charge < -0.3 is 9.47 Å². The zero-order valence-electron chi connectivity index (χ0n) is 20.3. The van der Waals surface area contributed by atoms with Gasteiger partial charge in [-0.25, -0.2) is 10.2 Å². The van der Waals surface area contributed by atoms with Gasteiger partial charge in [-0.05, 0) is 54.4 Å². The van der Waals surface area contributed by atoms with E-state index in [1.165, 1.54) is 45.4 Å². The number of carbonyl (C=O) groups excluding carboxylic acids is 2. The van der Waals surface area contributed by atoms with Crippen LogP contribution < -0.4 is 10.2 Å². The van der Waals surface area contributed by atoms with Crippen LogP contribution in [0.4, 0.5) is 0 Å². The average molecular weight is 477 g/mol. The molecule has 184 valence electrons. The minimum atomic E-state index is -0.412. The molecule has 2 N–H and O–H groups in total. The Bertz CT molecular complexity index is 1100. The number of methoxy groups -OCH3 is 1.